The molecule has 0 aliphatic carbocycles. The zero-order chi connectivity index (χ0) is 30.6. The molecule has 0 saturated carbocycles. The second-order valence-corrected chi connectivity index (χ2v) is 14.9. The van der Waals surface area contributed by atoms with Gasteiger partial charge in [0.1, 0.15) is 20.9 Å². The molecular weight excluding hydrogens is 564 g/mol. The Hall–Kier alpha value is -2.14. The van der Waals surface area contributed by atoms with Gasteiger partial charge in [0.15, 0.2) is 11.5 Å². The van der Waals surface area contributed by atoms with E-state index in [0.29, 0.717) is 29.3 Å². The van der Waals surface area contributed by atoms with Crippen LogP contribution in [0.1, 0.15) is 136 Å². The second-order valence-electron chi connectivity index (χ2n) is 12.2. The van der Waals surface area contributed by atoms with E-state index in [-0.39, 0.29) is 23.5 Å². The molecule has 0 radical (unpaired) electrons. The van der Waals surface area contributed by atoms with E-state index in [2.05, 4.69) is 39.8 Å². The van der Waals surface area contributed by atoms with E-state index in [4.69, 9.17) is 11.6 Å². The molecule has 2 aromatic rings. The summed E-state index contributed by atoms with van der Waals surface area (Å²) >= 11 is 6.62. The summed E-state index contributed by atoms with van der Waals surface area (Å²) < 4.78 is 25.6. The molecule has 2 rings (SSSR count). The minimum absolute atomic E-state index is 0.00709. The van der Waals surface area contributed by atoms with E-state index in [0.717, 1.165) is 56.9 Å². The van der Waals surface area contributed by atoms with Crippen LogP contribution >= 0.6 is 11.6 Å². The van der Waals surface area contributed by atoms with Gasteiger partial charge < -0.3 is 10.6 Å². The number of fused-ring (bicyclic) bond motifs is 1. The fourth-order valence-electron chi connectivity index (χ4n) is 4.79. The van der Waals surface area contributed by atoms with Crippen molar-refractivity contribution in [1.29, 1.82) is 0 Å². The number of hydrogen-bond donors (Lipinski definition) is 3. The number of halogens is 1. The van der Waals surface area contributed by atoms with Crippen LogP contribution in [0.25, 0.3) is 5.65 Å². The summed E-state index contributed by atoms with van der Waals surface area (Å²) in [6, 6.07) is -1.48. The second kappa shape index (κ2) is 16.5. The Kier molecular flexibility index (Phi) is 14.1. The minimum Gasteiger partial charge on any atom is -0.344 e. The highest BCUT2D eigenvalue weighted by molar-refractivity contribution is 7.90. The fourth-order valence-corrected chi connectivity index (χ4v) is 5.90. The molecule has 0 bridgehead atoms. The summed E-state index contributed by atoms with van der Waals surface area (Å²) in [5.74, 6) is -0.378. The first-order valence-electron chi connectivity index (χ1n) is 15.2. The minimum atomic E-state index is -3.33. The molecule has 0 spiro atoms. The van der Waals surface area contributed by atoms with Gasteiger partial charge in [-0.05, 0) is 19.3 Å². The number of nitrogens with zero attached hydrogens (tertiary/aromatic N) is 3. The van der Waals surface area contributed by atoms with Crippen LogP contribution in [0.2, 0.25) is 5.02 Å². The first kappa shape index (κ1) is 35.1. The van der Waals surface area contributed by atoms with Gasteiger partial charge in [-0.3, -0.25) is 14.7 Å². The van der Waals surface area contributed by atoms with Crippen LogP contribution in [-0.2, 0) is 24.8 Å². The van der Waals surface area contributed by atoms with Crippen molar-refractivity contribution in [2.75, 3.05) is 12.0 Å². The van der Waals surface area contributed by atoms with Crippen molar-refractivity contribution in [1.82, 2.24) is 30.4 Å². The van der Waals surface area contributed by atoms with E-state index in [1.165, 1.54) is 19.3 Å². The SMILES string of the molecule is CCCCCCCCCC(=O)NC(CCS(C)(=O)=O)C(=O)NC(CCCCC)c1nnc2c(Cl)c(C(C)(C)C)[nH]n12. The Morgan fingerprint density at radius 3 is 2.15 bits per heavy atom. The Labute approximate surface area is 251 Å². The maximum Gasteiger partial charge on any atom is 0.243 e. The number of sulfone groups is 1. The predicted octanol–water partition coefficient (Wildman–Crippen LogP) is 5.81. The number of carbonyl (C=O) groups is 2. The van der Waals surface area contributed by atoms with E-state index in [9.17, 15) is 18.0 Å². The van der Waals surface area contributed by atoms with Crippen molar-refractivity contribution in [3.63, 3.8) is 0 Å². The van der Waals surface area contributed by atoms with Crippen LogP contribution in [0.4, 0.5) is 0 Å². The average molecular weight is 615 g/mol. The van der Waals surface area contributed by atoms with Gasteiger partial charge in [0.25, 0.3) is 0 Å². The highest BCUT2D eigenvalue weighted by atomic mass is 35.5. The van der Waals surface area contributed by atoms with Gasteiger partial charge >= 0.3 is 0 Å². The van der Waals surface area contributed by atoms with Crippen molar-refractivity contribution in [3.05, 3.63) is 16.5 Å². The lowest BCUT2D eigenvalue weighted by atomic mass is 9.92. The van der Waals surface area contributed by atoms with Gasteiger partial charge in [-0.1, -0.05) is 104 Å². The Morgan fingerprint density at radius 1 is 0.927 bits per heavy atom. The normalized spacial score (nSPS) is 13.8. The zero-order valence-electron chi connectivity index (χ0n) is 25.8. The van der Waals surface area contributed by atoms with Crippen molar-refractivity contribution in [2.45, 2.75) is 136 Å². The van der Waals surface area contributed by atoms with Gasteiger partial charge in [0, 0.05) is 18.1 Å². The van der Waals surface area contributed by atoms with Crippen molar-refractivity contribution >= 4 is 38.9 Å². The van der Waals surface area contributed by atoms with Crippen molar-refractivity contribution < 1.29 is 18.0 Å². The molecule has 0 fully saturated rings. The summed E-state index contributed by atoms with van der Waals surface area (Å²) in [6.07, 6.45) is 12.4. The molecule has 0 aliphatic heterocycles. The van der Waals surface area contributed by atoms with Crippen molar-refractivity contribution in [3.8, 4) is 0 Å². The number of amides is 2. The number of aromatic nitrogens is 4. The van der Waals surface area contributed by atoms with Gasteiger partial charge in [-0.2, -0.15) is 0 Å². The number of nitrogens with one attached hydrogen (secondary N) is 3. The van der Waals surface area contributed by atoms with Gasteiger partial charge in [0.2, 0.25) is 11.8 Å². The van der Waals surface area contributed by atoms with Crippen LogP contribution in [0.3, 0.4) is 0 Å². The zero-order valence-corrected chi connectivity index (χ0v) is 27.4. The summed E-state index contributed by atoms with van der Waals surface area (Å²) in [5.41, 5.74) is 1.04. The number of hydrogen-bond acceptors (Lipinski definition) is 6. The third-order valence-electron chi connectivity index (χ3n) is 7.24. The first-order chi connectivity index (χ1) is 19.3. The number of rotatable bonds is 19. The molecule has 12 heteroatoms. The number of carbonyl (C=O) groups excluding carboxylic acids is 2. The number of aromatic amines is 1. The average Bonchev–Trinajstić information content (AvgIpc) is 3.45. The van der Waals surface area contributed by atoms with Gasteiger partial charge in [0.05, 0.1) is 17.5 Å². The molecule has 2 unspecified atom stereocenters. The fraction of sp³-hybridized carbons (Fsp3) is 0.793. The number of H-pyrrole nitrogens is 1. The lowest BCUT2D eigenvalue weighted by Crippen LogP contribution is -2.48. The van der Waals surface area contributed by atoms with E-state index >= 15 is 0 Å². The van der Waals surface area contributed by atoms with E-state index < -0.39 is 27.8 Å². The molecule has 0 saturated heterocycles. The molecular formula is C29H51ClN6O4S. The highest BCUT2D eigenvalue weighted by Gasteiger charge is 2.30. The molecule has 0 aliphatic rings. The molecule has 2 heterocycles. The van der Waals surface area contributed by atoms with Crippen LogP contribution in [0, 0.1) is 0 Å². The van der Waals surface area contributed by atoms with Crippen LogP contribution in [0.15, 0.2) is 0 Å². The largest absolute Gasteiger partial charge is 0.344 e. The third kappa shape index (κ3) is 11.6. The summed E-state index contributed by atoms with van der Waals surface area (Å²) in [4.78, 5) is 26.3. The van der Waals surface area contributed by atoms with Gasteiger partial charge in [-0.15, -0.1) is 10.2 Å². The van der Waals surface area contributed by atoms with E-state index in [1.807, 2.05) is 20.8 Å². The van der Waals surface area contributed by atoms with Crippen LogP contribution in [-0.4, -0.2) is 58.1 Å². The molecule has 2 atom stereocenters. The van der Waals surface area contributed by atoms with Crippen LogP contribution in [0.5, 0.6) is 0 Å². The first-order valence-corrected chi connectivity index (χ1v) is 17.6. The molecule has 2 aromatic heterocycles. The topological polar surface area (TPSA) is 138 Å². The van der Waals surface area contributed by atoms with Crippen LogP contribution < -0.4 is 10.6 Å². The molecule has 0 aromatic carbocycles. The molecule has 3 N–H and O–H groups in total. The quantitative estimate of drug-likeness (QED) is 0.171. The summed E-state index contributed by atoms with van der Waals surface area (Å²) in [7, 11) is -3.33. The summed E-state index contributed by atoms with van der Waals surface area (Å²) in [6.45, 7) is 10.4. The molecule has 234 valence electrons. The lowest BCUT2D eigenvalue weighted by Gasteiger charge is -2.23. The maximum absolute atomic E-state index is 13.6. The third-order valence-corrected chi connectivity index (χ3v) is 8.57. The van der Waals surface area contributed by atoms with Crippen molar-refractivity contribution in [2.24, 2.45) is 0 Å². The van der Waals surface area contributed by atoms with Gasteiger partial charge in [-0.25, -0.2) is 12.9 Å². The maximum atomic E-state index is 13.6. The highest BCUT2D eigenvalue weighted by Crippen LogP contribution is 2.32. The Morgan fingerprint density at radius 2 is 1.54 bits per heavy atom. The molecule has 41 heavy (non-hydrogen) atoms. The Balaban J connectivity index is 2.19. The lowest BCUT2D eigenvalue weighted by molar-refractivity contribution is -0.129. The van der Waals surface area contributed by atoms with E-state index in [1.54, 1.807) is 4.52 Å². The molecule has 2 amide bonds. The monoisotopic (exact) mass is 614 g/mol. The summed E-state index contributed by atoms with van der Waals surface area (Å²) in [5, 5.41) is 18.3. The standard InChI is InChI=1S/C29H51ClN6O4S/c1-7-9-11-12-13-14-16-18-23(37)31-22(19-20-41(6,39)40)28(38)32-21(17-15-10-8-2)26-33-34-27-24(30)25(29(3,4)5)35-36(26)27/h21-22,35H,7-20H2,1-6H3,(H,31,37)(H,32,38). The number of unbranched alkanes of at least 4 members (excludes halogenated alkanes) is 8. The smallest absolute Gasteiger partial charge is 0.243 e. The molecule has 10 nitrogen and oxygen atoms in total. The Bertz CT molecular complexity index is 1220. The predicted molar refractivity (Wildman–Crippen MR) is 165 cm³/mol.